The zero-order valence-electron chi connectivity index (χ0n) is 17.8. The number of fused-ring (bicyclic) bond motifs is 1. The van der Waals surface area contributed by atoms with Gasteiger partial charge < -0.3 is 5.32 Å². The van der Waals surface area contributed by atoms with Crippen molar-refractivity contribution in [3.05, 3.63) is 70.5 Å². The maximum absolute atomic E-state index is 12.5. The van der Waals surface area contributed by atoms with Crippen LogP contribution in [0.1, 0.15) is 38.2 Å². The van der Waals surface area contributed by atoms with E-state index in [0.717, 1.165) is 5.56 Å². The molecule has 8 nitrogen and oxygen atoms in total. The summed E-state index contributed by atoms with van der Waals surface area (Å²) in [4.78, 5) is 48.5. The number of nitrogens with one attached hydrogen (secondary N) is 2. The third-order valence-corrected chi connectivity index (χ3v) is 6.10. The Bertz CT molecular complexity index is 1250. The lowest BCUT2D eigenvalue weighted by Crippen LogP contribution is -2.51. The Morgan fingerprint density at radius 1 is 1.12 bits per heavy atom. The molecule has 0 saturated carbocycles. The summed E-state index contributed by atoms with van der Waals surface area (Å²) in [6.45, 7) is 2.26. The second-order valence-electron chi connectivity index (χ2n) is 7.94. The van der Waals surface area contributed by atoms with Crippen molar-refractivity contribution in [2.24, 2.45) is 0 Å². The number of nitrogens with zero attached hydrogens (tertiary/aromatic N) is 2. The van der Waals surface area contributed by atoms with Gasteiger partial charge in [0.05, 0.1) is 23.7 Å². The Kier molecular flexibility index (Phi) is 5.85. The lowest BCUT2D eigenvalue weighted by Gasteiger charge is -2.35. The Balaban J connectivity index is 1.43. The highest BCUT2D eigenvalue weighted by molar-refractivity contribution is 6.03. The molecule has 1 saturated heterocycles. The van der Waals surface area contributed by atoms with Crippen LogP contribution in [0, 0.1) is 0 Å². The molecule has 164 valence electrons. The van der Waals surface area contributed by atoms with Crippen LogP contribution in [0.4, 0.5) is 5.69 Å². The van der Waals surface area contributed by atoms with Gasteiger partial charge in [0.15, 0.2) is 0 Å². The summed E-state index contributed by atoms with van der Waals surface area (Å²) in [5, 5.41) is 10.0. The van der Waals surface area contributed by atoms with Gasteiger partial charge in [0.2, 0.25) is 23.2 Å². The smallest absolute Gasteiger partial charge is 0.237 e. The Hall–Kier alpha value is -3.81. The molecule has 3 amide bonds. The van der Waals surface area contributed by atoms with Crippen LogP contribution in [0.5, 0.6) is 0 Å². The Morgan fingerprint density at radius 3 is 2.59 bits per heavy atom. The topological polar surface area (TPSA) is 110 Å². The highest BCUT2D eigenvalue weighted by atomic mass is 16.2. The molecular formula is C24H24N4O4. The number of para-hydroxylation sites is 1. The van der Waals surface area contributed by atoms with E-state index >= 15 is 0 Å². The van der Waals surface area contributed by atoms with E-state index in [9.17, 15) is 19.2 Å². The van der Waals surface area contributed by atoms with Crippen LogP contribution in [0.3, 0.4) is 0 Å². The molecule has 8 heteroatoms. The molecule has 1 aliphatic heterocycles. The second-order valence-corrected chi connectivity index (χ2v) is 7.94. The molecule has 32 heavy (non-hydrogen) atoms. The lowest BCUT2D eigenvalue weighted by molar-refractivity contribution is -0.138. The number of aryl methyl sites for hydroxylation is 1. The van der Waals surface area contributed by atoms with Crippen molar-refractivity contribution in [1.29, 1.82) is 0 Å². The molecule has 0 aliphatic carbocycles. The number of aromatic nitrogens is 2. The summed E-state index contributed by atoms with van der Waals surface area (Å²) >= 11 is 0. The zero-order chi connectivity index (χ0) is 22.7. The van der Waals surface area contributed by atoms with E-state index in [1.54, 1.807) is 35.0 Å². The molecule has 1 fully saturated rings. The van der Waals surface area contributed by atoms with Gasteiger partial charge in [0.25, 0.3) is 0 Å². The third kappa shape index (κ3) is 4.03. The minimum Gasteiger partial charge on any atom is -0.326 e. The molecule has 1 atom stereocenters. The van der Waals surface area contributed by atoms with E-state index < -0.39 is 5.41 Å². The largest absolute Gasteiger partial charge is 0.326 e. The van der Waals surface area contributed by atoms with E-state index in [-0.39, 0.29) is 29.6 Å². The molecule has 4 rings (SSSR count). The normalized spacial score (nSPS) is 18.4. The van der Waals surface area contributed by atoms with Crippen LogP contribution in [0.2, 0.25) is 0 Å². The number of carbonyl (C=O) groups excluding carboxylic acids is 3. The summed E-state index contributed by atoms with van der Waals surface area (Å²) in [7, 11) is 0. The molecule has 2 aromatic carbocycles. The van der Waals surface area contributed by atoms with Crippen LogP contribution in [-0.2, 0) is 26.3 Å². The average molecular weight is 432 g/mol. The first-order valence-electron chi connectivity index (χ1n) is 10.6. The van der Waals surface area contributed by atoms with Gasteiger partial charge in [-0.15, -0.1) is 0 Å². The molecule has 0 radical (unpaired) electrons. The van der Waals surface area contributed by atoms with Gasteiger partial charge in [-0.05, 0) is 42.7 Å². The number of anilines is 1. The van der Waals surface area contributed by atoms with Crippen molar-refractivity contribution in [3.8, 4) is 0 Å². The van der Waals surface area contributed by atoms with Crippen molar-refractivity contribution >= 4 is 34.3 Å². The lowest BCUT2D eigenvalue weighted by atomic mass is 9.72. The number of amides is 3. The first-order valence-corrected chi connectivity index (χ1v) is 10.6. The molecule has 2 heterocycles. The van der Waals surface area contributed by atoms with Crippen molar-refractivity contribution < 1.29 is 14.4 Å². The van der Waals surface area contributed by atoms with Gasteiger partial charge >= 0.3 is 0 Å². The Labute approximate surface area is 184 Å². The van der Waals surface area contributed by atoms with Crippen LogP contribution in [0.15, 0.2) is 59.5 Å². The van der Waals surface area contributed by atoms with Gasteiger partial charge in [-0.1, -0.05) is 31.2 Å². The SMILES string of the molecule is CCC1(c2ccc(NC(=O)CCn3ncc(=O)c4ccccc43)cc2)CCC(=O)NC1=O. The summed E-state index contributed by atoms with van der Waals surface area (Å²) in [5.41, 5.74) is 1.25. The van der Waals surface area contributed by atoms with Crippen LogP contribution >= 0.6 is 0 Å². The third-order valence-electron chi connectivity index (χ3n) is 6.10. The quantitative estimate of drug-likeness (QED) is 0.582. The first kappa shape index (κ1) is 21.4. The summed E-state index contributed by atoms with van der Waals surface area (Å²) in [6, 6.07) is 14.3. The second kappa shape index (κ2) is 8.74. The Morgan fingerprint density at radius 2 is 1.88 bits per heavy atom. The minimum atomic E-state index is -0.729. The van der Waals surface area contributed by atoms with Crippen molar-refractivity contribution in [3.63, 3.8) is 0 Å². The number of imide groups is 1. The molecule has 2 N–H and O–H groups in total. The number of hydrogen-bond acceptors (Lipinski definition) is 5. The highest BCUT2D eigenvalue weighted by Crippen LogP contribution is 2.36. The van der Waals surface area contributed by atoms with Gasteiger partial charge in [0, 0.05) is 23.9 Å². The van der Waals surface area contributed by atoms with Crippen LogP contribution in [0.25, 0.3) is 10.9 Å². The summed E-state index contributed by atoms with van der Waals surface area (Å²) in [6.07, 6.45) is 2.81. The van der Waals surface area contributed by atoms with Gasteiger partial charge in [0.1, 0.15) is 0 Å². The number of piperidine rings is 1. The maximum atomic E-state index is 12.5. The molecule has 0 spiro atoms. The number of carbonyl (C=O) groups is 3. The summed E-state index contributed by atoms with van der Waals surface area (Å²) < 4.78 is 1.65. The van der Waals surface area contributed by atoms with Crippen molar-refractivity contribution in [1.82, 2.24) is 15.1 Å². The maximum Gasteiger partial charge on any atom is 0.237 e. The van der Waals surface area contributed by atoms with Crippen molar-refractivity contribution in [2.45, 2.75) is 44.6 Å². The van der Waals surface area contributed by atoms with Crippen molar-refractivity contribution in [2.75, 3.05) is 5.32 Å². The molecule has 1 aromatic heterocycles. The highest BCUT2D eigenvalue weighted by Gasteiger charge is 2.42. The van der Waals surface area contributed by atoms with E-state index in [2.05, 4.69) is 15.7 Å². The predicted molar refractivity (Wildman–Crippen MR) is 120 cm³/mol. The number of benzene rings is 2. The number of rotatable bonds is 6. The van der Waals surface area contributed by atoms with Gasteiger partial charge in [-0.2, -0.15) is 5.10 Å². The molecule has 0 bridgehead atoms. The molecular weight excluding hydrogens is 408 g/mol. The molecule has 3 aromatic rings. The predicted octanol–water partition coefficient (Wildman–Crippen LogP) is 2.51. The van der Waals surface area contributed by atoms with Crippen LogP contribution < -0.4 is 16.1 Å². The average Bonchev–Trinajstić information content (AvgIpc) is 2.80. The van der Waals surface area contributed by atoms with Gasteiger partial charge in [-0.25, -0.2) is 0 Å². The van der Waals surface area contributed by atoms with Gasteiger partial charge in [-0.3, -0.25) is 29.2 Å². The minimum absolute atomic E-state index is 0.151. The van der Waals surface area contributed by atoms with E-state index in [1.807, 2.05) is 25.1 Å². The first-order chi connectivity index (χ1) is 15.4. The standard InChI is InChI=1S/C24H24N4O4/c1-2-24(13-11-21(30)27-23(24)32)16-7-9-17(10-8-16)26-22(31)12-14-28-19-6-4-3-5-18(19)20(29)15-25-28/h3-10,15H,2,11-14H2,1H3,(H,26,31)(H,27,30,32). The summed E-state index contributed by atoms with van der Waals surface area (Å²) in [5.74, 6) is -0.699. The van der Waals surface area contributed by atoms with Crippen LogP contribution in [-0.4, -0.2) is 27.5 Å². The zero-order valence-corrected chi connectivity index (χ0v) is 17.8. The van der Waals surface area contributed by atoms with E-state index in [4.69, 9.17) is 0 Å². The van der Waals surface area contributed by atoms with E-state index in [1.165, 1.54) is 6.20 Å². The fraction of sp³-hybridized carbons (Fsp3) is 0.292. The molecule has 1 unspecified atom stereocenters. The molecule has 1 aliphatic rings. The monoisotopic (exact) mass is 432 g/mol. The fourth-order valence-electron chi connectivity index (χ4n) is 4.21. The number of hydrogen-bond donors (Lipinski definition) is 2. The van der Waals surface area contributed by atoms with E-state index in [0.29, 0.717) is 42.4 Å². The fourth-order valence-corrected chi connectivity index (χ4v) is 4.21.